The van der Waals surface area contributed by atoms with E-state index in [4.69, 9.17) is 0 Å². The van der Waals surface area contributed by atoms with E-state index in [1.807, 2.05) is 60.7 Å². The molecular weight excluding hydrogens is 299 g/mol. The van der Waals surface area contributed by atoms with Gasteiger partial charge < -0.3 is 5.11 Å². The summed E-state index contributed by atoms with van der Waals surface area (Å²) in [5.74, 6) is 0. The normalized spacial score (nSPS) is 11.3. The summed E-state index contributed by atoms with van der Waals surface area (Å²) in [6.07, 6.45) is 0. The molecule has 0 atom stereocenters. The Labute approximate surface area is 103 Å². The molecule has 0 aromatic heterocycles. The molecule has 0 bridgehead atoms. The molecule has 2 aromatic carbocycles. The molecule has 0 fully saturated rings. The predicted octanol–water partition coefficient (Wildman–Crippen LogP) is 3.32. The molecule has 0 radical (unpaired) electrons. The molecule has 15 heavy (non-hydrogen) atoms. The highest BCUT2D eigenvalue weighted by Crippen LogP contribution is 2.35. The molecule has 1 nitrogen and oxygen atoms in total. The van der Waals surface area contributed by atoms with Gasteiger partial charge in [0.05, 0.1) is 0 Å². The van der Waals surface area contributed by atoms with Crippen LogP contribution < -0.4 is 0 Å². The minimum Gasteiger partial charge on any atom is -0.371 e. The second-order valence-electron chi connectivity index (χ2n) is 3.35. The van der Waals surface area contributed by atoms with Crippen LogP contribution >= 0.6 is 22.6 Å². The van der Waals surface area contributed by atoms with Crippen LogP contribution in [0.1, 0.15) is 11.1 Å². The van der Waals surface area contributed by atoms with E-state index >= 15 is 0 Å². The van der Waals surface area contributed by atoms with Gasteiger partial charge in [-0.05, 0) is 33.7 Å². The van der Waals surface area contributed by atoms with Crippen molar-refractivity contribution in [3.63, 3.8) is 0 Å². The van der Waals surface area contributed by atoms with Crippen LogP contribution in [-0.4, -0.2) is 5.11 Å². The van der Waals surface area contributed by atoms with Crippen molar-refractivity contribution in [3.05, 3.63) is 71.8 Å². The zero-order valence-corrected chi connectivity index (χ0v) is 10.3. The number of alkyl halides is 1. The minimum atomic E-state index is -0.944. The van der Waals surface area contributed by atoms with Gasteiger partial charge in [-0.3, -0.25) is 0 Å². The van der Waals surface area contributed by atoms with Crippen molar-refractivity contribution < 1.29 is 5.11 Å². The van der Waals surface area contributed by atoms with Crippen LogP contribution in [0.15, 0.2) is 60.7 Å². The third-order valence-corrected chi connectivity index (χ3v) is 3.56. The molecule has 0 amide bonds. The molecular formula is C13H11IO. The zero-order chi connectivity index (χ0) is 10.7. The Bertz CT molecular complexity index is 381. The van der Waals surface area contributed by atoms with Gasteiger partial charge in [0.25, 0.3) is 0 Å². The zero-order valence-electron chi connectivity index (χ0n) is 8.10. The van der Waals surface area contributed by atoms with Crippen LogP contribution in [0.4, 0.5) is 0 Å². The molecule has 0 aliphatic heterocycles. The highest BCUT2D eigenvalue weighted by atomic mass is 127. The lowest BCUT2D eigenvalue weighted by molar-refractivity contribution is 0.200. The number of rotatable bonds is 2. The molecule has 0 saturated carbocycles. The van der Waals surface area contributed by atoms with Crippen LogP contribution in [0, 0.1) is 0 Å². The van der Waals surface area contributed by atoms with Crippen molar-refractivity contribution in [2.45, 2.75) is 3.61 Å². The molecule has 2 heteroatoms. The SMILES string of the molecule is OC(I)(c1ccccc1)c1ccccc1. The summed E-state index contributed by atoms with van der Waals surface area (Å²) in [6.45, 7) is 0. The first-order chi connectivity index (χ1) is 7.21. The van der Waals surface area contributed by atoms with Gasteiger partial charge in [-0.2, -0.15) is 0 Å². The molecule has 2 rings (SSSR count). The monoisotopic (exact) mass is 310 g/mol. The average molecular weight is 310 g/mol. The summed E-state index contributed by atoms with van der Waals surface area (Å²) >= 11 is 2.06. The lowest BCUT2D eigenvalue weighted by Gasteiger charge is -2.22. The highest BCUT2D eigenvalue weighted by molar-refractivity contribution is 14.1. The summed E-state index contributed by atoms with van der Waals surface area (Å²) in [6, 6.07) is 19.3. The first kappa shape index (κ1) is 10.6. The van der Waals surface area contributed by atoms with Crippen molar-refractivity contribution in [1.82, 2.24) is 0 Å². The predicted molar refractivity (Wildman–Crippen MR) is 69.9 cm³/mol. The maximum Gasteiger partial charge on any atom is 0.166 e. The summed E-state index contributed by atoms with van der Waals surface area (Å²) in [7, 11) is 0. The summed E-state index contributed by atoms with van der Waals surface area (Å²) < 4.78 is -0.944. The molecule has 0 saturated heterocycles. The van der Waals surface area contributed by atoms with E-state index in [0.717, 1.165) is 11.1 Å². The summed E-state index contributed by atoms with van der Waals surface area (Å²) in [4.78, 5) is 0. The maximum atomic E-state index is 10.4. The maximum absolute atomic E-state index is 10.4. The standard InChI is InChI=1S/C13H11IO/c14-13(15,11-7-3-1-4-8-11)12-9-5-2-6-10-12/h1-10,15H. The minimum absolute atomic E-state index is 0.900. The van der Waals surface area contributed by atoms with Gasteiger partial charge in [0.2, 0.25) is 0 Å². The van der Waals surface area contributed by atoms with Crippen molar-refractivity contribution in [2.24, 2.45) is 0 Å². The van der Waals surface area contributed by atoms with Crippen molar-refractivity contribution >= 4 is 22.6 Å². The number of halogens is 1. The van der Waals surface area contributed by atoms with Gasteiger partial charge in [0, 0.05) is 0 Å². The van der Waals surface area contributed by atoms with E-state index in [1.54, 1.807) is 0 Å². The topological polar surface area (TPSA) is 20.2 Å². The Kier molecular flexibility index (Phi) is 3.07. The van der Waals surface area contributed by atoms with Gasteiger partial charge in [-0.1, -0.05) is 60.7 Å². The van der Waals surface area contributed by atoms with Crippen LogP contribution in [0.25, 0.3) is 0 Å². The second kappa shape index (κ2) is 4.33. The van der Waals surface area contributed by atoms with Crippen LogP contribution in [0.2, 0.25) is 0 Å². The smallest absolute Gasteiger partial charge is 0.166 e. The van der Waals surface area contributed by atoms with Gasteiger partial charge in [0.15, 0.2) is 3.61 Å². The lowest BCUT2D eigenvalue weighted by atomic mass is 10.0. The lowest BCUT2D eigenvalue weighted by Crippen LogP contribution is -2.18. The van der Waals surface area contributed by atoms with Crippen molar-refractivity contribution in [1.29, 1.82) is 0 Å². The molecule has 1 N–H and O–H groups in total. The van der Waals surface area contributed by atoms with Crippen molar-refractivity contribution in [3.8, 4) is 0 Å². The molecule has 0 spiro atoms. The summed E-state index contributed by atoms with van der Waals surface area (Å²) in [5.41, 5.74) is 1.80. The van der Waals surface area contributed by atoms with Crippen molar-refractivity contribution in [2.75, 3.05) is 0 Å². The molecule has 0 aliphatic rings. The Morgan fingerprint density at radius 1 is 0.733 bits per heavy atom. The van der Waals surface area contributed by atoms with Gasteiger partial charge in [-0.15, -0.1) is 0 Å². The van der Waals surface area contributed by atoms with E-state index in [0.29, 0.717) is 0 Å². The molecule has 0 heterocycles. The number of aliphatic hydroxyl groups is 1. The fraction of sp³-hybridized carbons (Fsp3) is 0.0769. The fourth-order valence-electron chi connectivity index (χ4n) is 1.48. The Balaban J connectivity index is 2.44. The number of hydrogen-bond donors (Lipinski definition) is 1. The molecule has 0 unspecified atom stereocenters. The first-order valence-corrected chi connectivity index (χ1v) is 5.81. The van der Waals surface area contributed by atoms with Gasteiger partial charge in [-0.25, -0.2) is 0 Å². The summed E-state index contributed by atoms with van der Waals surface area (Å²) in [5, 5.41) is 10.4. The first-order valence-electron chi connectivity index (χ1n) is 4.73. The van der Waals surface area contributed by atoms with E-state index in [-0.39, 0.29) is 0 Å². The quantitative estimate of drug-likeness (QED) is 0.666. The van der Waals surface area contributed by atoms with E-state index in [1.165, 1.54) is 0 Å². The second-order valence-corrected chi connectivity index (χ2v) is 4.92. The van der Waals surface area contributed by atoms with Crippen LogP contribution in [-0.2, 0) is 3.61 Å². The third-order valence-electron chi connectivity index (χ3n) is 2.31. The van der Waals surface area contributed by atoms with E-state index in [9.17, 15) is 5.11 Å². The Hall–Kier alpha value is -0.870. The number of benzene rings is 2. The highest BCUT2D eigenvalue weighted by Gasteiger charge is 2.26. The fourth-order valence-corrected chi connectivity index (χ4v) is 2.20. The molecule has 0 aliphatic carbocycles. The largest absolute Gasteiger partial charge is 0.371 e. The van der Waals surface area contributed by atoms with Gasteiger partial charge in [0.1, 0.15) is 0 Å². The van der Waals surface area contributed by atoms with E-state index < -0.39 is 3.61 Å². The Morgan fingerprint density at radius 3 is 1.40 bits per heavy atom. The van der Waals surface area contributed by atoms with Crippen LogP contribution in [0.5, 0.6) is 0 Å². The Morgan fingerprint density at radius 2 is 1.07 bits per heavy atom. The number of hydrogen-bond acceptors (Lipinski definition) is 1. The molecule has 2 aromatic rings. The average Bonchev–Trinajstić information content (AvgIpc) is 2.31. The van der Waals surface area contributed by atoms with Gasteiger partial charge >= 0.3 is 0 Å². The van der Waals surface area contributed by atoms with E-state index in [2.05, 4.69) is 22.6 Å². The van der Waals surface area contributed by atoms with Crippen LogP contribution in [0.3, 0.4) is 0 Å². The molecule has 76 valence electrons. The third kappa shape index (κ3) is 2.21.